The van der Waals surface area contributed by atoms with Crippen molar-refractivity contribution in [2.75, 3.05) is 26.1 Å². The highest BCUT2D eigenvalue weighted by atomic mass is 35.5. The van der Waals surface area contributed by atoms with E-state index in [9.17, 15) is 4.79 Å². The Labute approximate surface area is 173 Å². The number of hydrogen-bond acceptors (Lipinski definition) is 6. The van der Waals surface area contributed by atoms with E-state index in [0.29, 0.717) is 28.0 Å². The van der Waals surface area contributed by atoms with Gasteiger partial charge in [-0.3, -0.25) is 4.79 Å². The van der Waals surface area contributed by atoms with Gasteiger partial charge in [-0.1, -0.05) is 23.7 Å². The molecular weight excluding hydrogens is 394 g/mol. The van der Waals surface area contributed by atoms with Crippen molar-refractivity contribution < 1.29 is 18.7 Å². The van der Waals surface area contributed by atoms with Gasteiger partial charge in [0.25, 0.3) is 5.91 Å². The number of nitrogens with zero attached hydrogens (tertiary/aromatic N) is 1. The highest BCUT2D eigenvalue weighted by Gasteiger charge is 2.08. The van der Waals surface area contributed by atoms with E-state index in [-0.39, 0.29) is 12.5 Å². The zero-order valence-electron chi connectivity index (χ0n) is 15.9. The molecule has 0 saturated heterocycles. The van der Waals surface area contributed by atoms with Gasteiger partial charge in [-0.05, 0) is 42.5 Å². The van der Waals surface area contributed by atoms with Gasteiger partial charge in [0.2, 0.25) is 0 Å². The standard InChI is InChI=1S/C21H20ClN3O4/c1-27-19-9-7-14(11-16(19)22)18-10-8-15(29-18)12-24-25-21(26)13-23-17-5-3-4-6-20(17)28-2/h3-12,23H,13H2,1-2H3,(H,25,26)/b24-12-. The first-order valence-corrected chi connectivity index (χ1v) is 9.11. The minimum atomic E-state index is -0.305. The molecule has 0 saturated carbocycles. The summed E-state index contributed by atoms with van der Waals surface area (Å²) < 4.78 is 16.1. The van der Waals surface area contributed by atoms with Gasteiger partial charge in [-0.2, -0.15) is 5.10 Å². The summed E-state index contributed by atoms with van der Waals surface area (Å²) in [6.45, 7) is 0.0471. The third kappa shape index (κ3) is 5.30. The number of carbonyl (C=O) groups is 1. The van der Waals surface area contributed by atoms with Crippen molar-refractivity contribution in [1.82, 2.24) is 5.43 Å². The number of furan rings is 1. The second-order valence-electron chi connectivity index (χ2n) is 5.90. The van der Waals surface area contributed by atoms with E-state index in [4.69, 9.17) is 25.5 Å². The first-order valence-electron chi connectivity index (χ1n) is 8.73. The smallest absolute Gasteiger partial charge is 0.259 e. The summed E-state index contributed by atoms with van der Waals surface area (Å²) >= 11 is 6.14. The predicted octanol–water partition coefficient (Wildman–Crippen LogP) is 4.18. The van der Waals surface area contributed by atoms with E-state index in [2.05, 4.69) is 15.8 Å². The summed E-state index contributed by atoms with van der Waals surface area (Å²) in [7, 11) is 3.13. The molecule has 7 nitrogen and oxygen atoms in total. The number of amides is 1. The quantitative estimate of drug-likeness (QED) is 0.427. The third-order valence-corrected chi connectivity index (χ3v) is 4.29. The summed E-state index contributed by atoms with van der Waals surface area (Å²) in [5, 5.41) is 7.40. The monoisotopic (exact) mass is 413 g/mol. The van der Waals surface area contributed by atoms with Crippen LogP contribution in [0.25, 0.3) is 11.3 Å². The highest BCUT2D eigenvalue weighted by Crippen LogP contribution is 2.30. The van der Waals surface area contributed by atoms with Crippen LogP contribution in [0.3, 0.4) is 0 Å². The maximum Gasteiger partial charge on any atom is 0.259 e. The fourth-order valence-electron chi connectivity index (χ4n) is 2.57. The van der Waals surface area contributed by atoms with Crippen LogP contribution in [0.1, 0.15) is 5.76 Å². The van der Waals surface area contributed by atoms with Crippen molar-refractivity contribution in [2.45, 2.75) is 0 Å². The molecular formula is C21H20ClN3O4. The number of para-hydroxylation sites is 2. The first kappa shape index (κ1) is 20.3. The number of hydrazone groups is 1. The van der Waals surface area contributed by atoms with Gasteiger partial charge >= 0.3 is 0 Å². The summed E-state index contributed by atoms with van der Waals surface area (Å²) in [4.78, 5) is 11.9. The van der Waals surface area contributed by atoms with Gasteiger partial charge in [0.15, 0.2) is 0 Å². The largest absolute Gasteiger partial charge is 0.495 e. The van der Waals surface area contributed by atoms with E-state index in [1.54, 1.807) is 38.5 Å². The molecule has 3 rings (SSSR count). The summed E-state index contributed by atoms with van der Waals surface area (Å²) in [5.41, 5.74) is 3.97. The van der Waals surface area contributed by atoms with E-state index in [1.165, 1.54) is 6.21 Å². The molecule has 0 fully saturated rings. The minimum absolute atomic E-state index is 0.0471. The number of nitrogens with one attached hydrogen (secondary N) is 2. The molecule has 2 aromatic carbocycles. The van der Waals surface area contributed by atoms with Crippen molar-refractivity contribution in [3.63, 3.8) is 0 Å². The number of rotatable bonds is 8. The Morgan fingerprint density at radius 1 is 1.10 bits per heavy atom. The van der Waals surface area contributed by atoms with Gasteiger partial charge in [-0.15, -0.1) is 0 Å². The molecule has 0 spiro atoms. The lowest BCUT2D eigenvalue weighted by atomic mass is 10.2. The van der Waals surface area contributed by atoms with Gasteiger partial charge in [0.1, 0.15) is 23.0 Å². The van der Waals surface area contributed by atoms with Crippen LogP contribution in [0.4, 0.5) is 5.69 Å². The van der Waals surface area contributed by atoms with Crippen LogP contribution >= 0.6 is 11.6 Å². The molecule has 0 aliphatic heterocycles. The first-order chi connectivity index (χ1) is 14.1. The summed E-state index contributed by atoms with van der Waals surface area (Å²) in [6, 6.07) is 16.2. The molecule has 0 aliphatic rings. The van der Waals surface area contributed by atoms with Crippen molar-refractivity contribution in [1.29, 1.82) is 0 Å². The molecule has 1 amide bonds. The molecule has 0 radical (unpaired) electrons. The van der Waals surface area contributed by atoms with Crippen molar-refractivity contribution in [2.24, 2.45) is 5.10 Å². The zero-order chi connectivity index (χ0) is 20.6. The normalized spacial score (nSPS) is 10.7. The second-order valence-corrected chi connectivity index (χ2v) is 6.31. The maximum atomic E-state index is 11.9. The van der Waals surface area contributed by atoms with Crippen LogP contribution in [0.5, 0.6) is 11.5 Å². The van der Waals surface area contributed by atoms with Gasteiger partial charge in [-0.25, -0.2) is 5.43 Å². The number of carbonyl (C=O) groups excluding carboxylic acids is 1. The molecule has 3 aromatic rings. The SMILES string of the molecule is COc1ccc(-c2ccc(/C=N\NC(=O)CNc3ccccc3OC)o2)cc1Cl. The lowest BCUT2D eigenvalue weighted by molar-refractivity contribution is -0.119. The van der Waals surface area contributed by atoms with Crippen LogP contribution in [0, 0.1) is 0 Å². The van der Waals surface area contributed by atoms with E-state index in [1.807, 2.05) is 30.3 Å². The fraction of sp³-hybridized carbons (Fsp3) is 0.143. The predicted molar refractivity (Wildman–Crippen MR) is 113 cm³/mol. The van der Waals surface area contributed by atoms with Gasteiger partial charge in [0, 0.05) is 5.56 Å². The molecule has 0 bridgehead atoms. The van der Waals surface area contributed by atoms with Crippen LogP contribution in [-0.2, 0) is 4.79 Å². The molecule has 2 N–H and O–H groups in total. The number of hydrogen-bond donors (Lipinski definition) is 2. The average Bonchev–Trinajstić information content (AvgIpc) is 3.21. The third-order valence-electron chi connectivity index (χ3n) is 3.99. The topological polar surface area (TPSA) is 85.1 Å². The number of benzene rings is 2. The number of ether oxygens (including phenoxy) is 2. The lowest BCUT2D eigenvalue weighted by Gasteiger charge is -2.09. The molecule has 0 atom stereocenters. The lowest BCUT2D eigenvalue weighted by Crippen LogP contribution is -2.26. The molecule has 29 heavy (non-hydrogen) atoms. The summed E-state index contributed by atoms with van der Waals surface area (Å²) in [6.07, 6.45) is 1.43. The Balaban J connectivity index is 1.54. The Morgan fingerprint density at radius 3 is 2.66 bits per heavy atom. The zero-order valence-corrected chi connectivity index (χ0v) is 16.7. The fourth-order valence-corrected chi connectivity index (χ4v) is 2.83. The number of methoxy groups -OCH3 is 2. The van der Waals surface area contributed by atoms with Gasteiger partial charge in [0.05, 0.1) is 37.7 Å². The van der Waals surface area contributed by atoms with Crippen LogP contribution in [0.15, 0.2) is 64.1 Å². The van der Waals surface area contributed by atoms with Crippen molar-refractivity contribution in [3.8, 4) is 22.8 Å². The second kappa shape index (κ2) is 9.66. The van der Waals surface area contributed by atoms with Crippen molar-refractivity contribution in [3.05, 3.63) is 65.4 Å². The Bertz CT molecular complexity index is 1020. The number of halogens is 1. The maximum absolute atomic E-state index is 11.9. The van der Waals surface area contributed by atoms with E-state index in [0.717, 1.165) is 11.3 Å². The average molecular weight is 414 g/mol. The van der Waals surface area contributed by atoms with E-state index >= 15 is 0 Å². The molecule has 1 aromatic heterocycles. The molecule has 8 heteroatoms. The highest BCUT2D eigenvalue weighted by molar-refractivity contribution is 6.32. The summed E-state index contributed by atoms with van der Waals surface area (Å²) in [5.74, 6) is 2.06. The Hall–Kier alpha value is -3.45. The van der Waals surface area contributed by atoms with Crippen LogP contribution in [-0.4, -0.2) is 32.9 Å². The molecule has 1 heterocycles. The molecule has 0 unspecified atom stereocenters. The number of anilines is 1. The Morgan fingerprint density at radius 2 is 1.90 bits per heavy atom. The molecule has 150 valence electrons. The molecule has 0 aliphatic carbocycles. The van der Waals surface area contributed by atoms with Crippen LogP contribution in [0.2, 0.25) is 5.02 Å². The van der Waals surface area contributed by atoms with Crippen molar-refractivity contribution >= 4 is 29.4 Å². The van der Waals surface area contributed by atoms with E-state index < -0.39 is 0 Å². The Kier molecular flexibility index (Phi) is 6.76. The van der Waals surface area contributed by atoms with Crippen LogP contribution < -0.4 is 20.2 Å². The minimum Gasteiger partial charge on any atom is -0.495 e. The van der Waals surface area contributed by atoms with Gasteiger partial charge < -0.3 is 19.2 Å².